The second-order valence-electron chi connectivity index (χ2n) is 7.09. The Morgan fingerprint density at radius 1 is 1.19 bits per heavy atom. The number of aromatic nitrogens is 2. The molecule has 0 aliphatic heterocycles. The van der Waals surface area contributed by atoms with Gasteiger partial charge in [-0.15, -0.1) is 0 Å². The predicted octanol–water partition coefficient (Wildman–Crippen LogP) is 3.23. The number of imidazole rings is 1. The summed E-state index contributed by atoms with van der Waals surface area (Å²) in [7, 11) is -0.753. The largest absolute Gasteiger partial charge is 0.497 e. The van der Waals surface area contributed by atoms with Gasteiger partial charge in [-0.25, -0.2) is 18.5 Å². The number of methoxy groups -OCH3 is 2. The molecule has 1 aromatic heterocycles. The Labute approximate surface area is 191 Å². The standard InChI is InChI=1S/C21H26N4O5S2/c1-5-8-25-19-7-6-17(32(22,27)28)12-18(19)24-21(25)31-13(2)20(26)23-14-9-15(29-3)11-16(10-14)30-4/h6-7,9-13H,5,8H2,1-4H3,(H,23,26)(H2,22,27,28). The van der Waals surface area contributed by atoms with Crippen LogP contribution in [0, 0.1) is 0 Å². The van der Waals surface area contributed by atoms with Crippen LogP contribution in [0.4, 0.5) is 5.69 Å². The maximum Gasteiger partial charge on any atom is 0.238 e. The molecule has 1 heterocycles. The molecule has 1 amide bonds. The first-order chi connectivity index (χ1) is 15.2. The van der Waals surface area contributed by atoms with Gasteiger partial charge in [0, 0.05) is 30.4 Å². The fraction of sp³-hybridized carbons (Fsp3) is 0.333. The van der Waals surface area contributed by atoms with Crippen LogP contribution in [0.3, 0.4) is 0 Å². The van der Waals surface area contributed by atoms with Gasteiger partial charge in [0.15, 0.2) is 5.16 Å². The molecule has 0 spiro atoms. The van der Waals surface area contributed by atoms with E-state index in [0.29, 0.717) is 34.4 Å². The molecule has 0 radical (unpaired) electrons. The van der Waals surface area contributed by atoms with Crippen molar-refractivity contribution in [2.24, 2.45) is 5.14 Å². The van der Waals surface area contributed by atoms with Crippen LogP contribution in [-0.4, -0.2) is 43.3 Å². The Hall–Kier alpha value is -2.76. The third-order valence-electron chi connectivity index (χ3n) is 4.73. The van der Waals surface area contributed by atoms with Crippen LogP contribution in [-0.2, 0) is 21.4 Å². The summed E-state index contributed by atoms with van der Waals surface area (Å²) in [4.78, 5) is 17.4. The zero-order valence-electron chi connectivity index (χ0n) is 18.3. The van der Waals surface area contributed by atoms with E-state index in [4.69, 9.17) is 14.6 Å². The van der Waals surface area contributed by atoms with Crippen LogP contribution in [0.1, 0.15) is 20.3 Å². The van der Waals surface area contributed by atoms with Crippen LogP contribution >= 0.6 is 11.8 Å². The second-order valence-corrected chi connectivity index (χ2v) is 9.96. The lowest BCUT2D eigenvalue weighted by molar-refractivity contribution is -0.115. The number of nitrogens with zero attached hydrogens (tertiary/aromatic N) is 2. The van der Waals surface area contributed by atoms with Crippen LogP contribution in [0.15, 0.2) is 46.5 Å². The van der Waals surface area contributed by atoms with Crippen LogP contribution < -0.4 is 19.9 Å². The van der Waals surface area contributed by atoms with Crippen molar-refractivity contribution in [3.63, 3.8) is 0 Å². The van der Waals surface area contributed by atoms with E-state index in [-0.39, 0.29) is 10.8 Å². The van der Waals surface area contributed by atoms with Gasteiger partial charge in [-0.3, -0.25) is 4.79 Å². The number of thioether (sulfide) groups is 1. The lowest BCUT2D eigenvalue weighted by atomic mass is 10.2. The number of amides is 1. The molecule has 0 bridgehead atoms. The minimum Gasteiger partial charge on any atom is -0.497 e. The van der Waals surface area contributed by atoms with E-state index in [1.54, 1.807) is 45.4 Å². The van der Waals surface area contributed by atoms with Gasteiger partial charge in [0.1, 0.15) is 11.5 Å². The molecular weight excluding hydrogens is 452 g/mol. The minimum atomic E-state index is -3.83. The summed E-state index contributed by atoms with van der Waals surface area (Å²) in [6, 6.07) is 9.74. The highest BCUT2D eigenvalue weighted by Crippen LogP contribution is 2.30. The number of carbonyl (C=O) groups excluding carboxylic acids is 1. The van der Waals surface area contributed by atoms with Gasteiger partial charge in [0.2, 0.25) is 15.9 Å². The van der Waals surface area contributed by atoms with E-state index in [1.807, 2.05) is 11.5 Å². The number of sulfonamides is 1. The van der Waals surface area contributed by atoms with Gasteiger partial charge in [-0.05, 0) is 31.5 Å². The second kappa shape index (κ2) is 9.80. The number of hydrogen-bond donors (Lipinski definition) is 2. The number of nitrogens with one attached hydrogen (secondary N) is 1. The van der Waals surface area contributed by atoms with Crippen molar-refractivity contribution < 1.29 is 22.7 Å². The van der Waals surface area contributed by atoms with Crippen molar-refractivity contribution in [2.75, 3.05) is 19.5 Å². The molecule has 2 aromatic carbocycles. The van der Waals surface area contributed by atoms with Gasteiger partial charge < -0.3 is 19.4 Å². The molecule has 0 saturated heterocycles. The van der Waals surface area contributed by atoms with Crippen LogP contribution in [0.25, 0.3) is 11.0 Å². The van der Waals surface area contributed by atoms with E-state index in [2.05, 4.69) is 10.3 Å². The maximum absolute atomic E-state index is 12.8. The van der Waals surface area contributed by atoms with Crippen molar-refractivity contribution in [2.45, 2.75) is 42.1 Å². The third-order valence-corrected chi connectivity index (χ3v) is 6.73. The topological polar surface area (TPSA) is 126 Å². The Balaban J connectivity index is 1.86. The molecular formula is C21H26N4O5S2. The lowest BCUT2D eigenvalue weighted by Crippen LogP contribution is -2.23. The van der Waals surface area contributed by atoms with Gasteiger partial charge in [0.05, 0.1) is 35.4 Å². The van der Waals surface area contributed by atoms with E-state index < -0.39 is 15.3 Å². The summed E-state index contributed by atoms with van der Waals surface area (Å²) in [6.07, 6.45) is 0.847. The number of nitrogens with two attached hydrogens (primary N) is 1. The first-order valence-corrected chi connectivity index (χ1v) is 12.3. The molecule has 3 aromatic rings. The van der Waals surface area contributed by atoms with Gasteiger partial charge in [-0.2, -0.15) is 0 Å². The summed E-state index contributed by atoms with van der Waals surface area (Å²) in [5, 5.41) is 8.27. The molecule has 3 rings (SSSR count). The average molecular weight is 479 g/mol. The number of primary sulfonamides is 1. The highest BCUT2D eigenvalue weighted by molar-refractivity contribution is 8.00. The minimum absolute atomic E-state index is 0.000428. The predicted molar refractivity (Wildman–Crippen MR) is 125 cm³/mol. The summed E-state index contributed by atoms with van der Waals surface area (Å²) in [5.74, 6) is 0.913. The fourth-order valence-electron chi connectivity index (χ4n) is 3.13. The van der Waals surface area contributed by atoms with E-state index >= 15 is 0 Å². The van der Waals surface area contributed by atoms with Crippen molar-refractivity contribution in [1.82, 2.24) is 9.55 Å². The van der Waals surface area contributed by atoms with Crippen LogP contribution in [0.5, 0.6) is 11.5 Å². The van der Waals surface area contributed by atoms with Crippen molar-refractivity contribution >= 4 is 44.4 Å². The zero-order chi connectivity index (χ0) is 23.5. The van der Waals surface area contributed by atoms with Gasteiger partial charge in [0.25, 0.3) is 0 Å². The van der Waals surface area contributed by atoms with Crippen molar-refractivity contribution in [3.8, 4) is 11.5 Å². The van der Waals surface area contributed by atoms with E-state index in [9.17, 15) is 13.2 Å². The normalized spacial score (nSPS) is 12.5. The first-order valence-electron chi connectivity index (χ1n) is 9.90. The van der Waals surface area contributed by atoms with Gasteiger partial charge >= 0.3 is 0 Å². The maximum atomic E-state index is 12.8. The lowest BCUT2D eigenvalue weighted by Gasteiger charge is -2.14. The zero-order valence-corrected chi connectivity index (χ0v) is 19.9. The van der Waals surface area contributed by atoms with E-state index in [0.717, 1.165) is 11.9 Å². The molecule has 9 nitrogen and oxygen atoms in total. The van der Waals surface area contributed by atoms with E-state index in [1.165, 1.54) is 23.9 Å². The average Bonchev–Trinajstić information content (AvgIpc) is 3.09. The Bertz CT molecular complexity index is 1220. The molecule has 32 heavy (non-hydrogen) atoms. The van der Waals surface area contributed by atoms with Crippen molar-refractivity contribution in [3.05, 3.63) is 36.4 Å². The van der Waals surface area contributed by atoms with Crippen LogP contribution in [0.2, 0.25) is 0 Å². The number of hydrogen-bond acceptors (Lipinski definition) is 7. The van der Waals surface area contributed by atoms with Gasteiger partial charge in [-0.1, -0.05) is 18.7 Å². The number of fused-ring (bicyclic) bond motifs is 1. The summed E-state index contributed by atoms with van der Waals surface area (Å²) in [5.41, 5.74) is 1.85. The Morgan fingerprint density at radius 3 is 2.41 bits per heavy atom. The molecule has 1 atom stereocenters. The number of ether oxygens (including phenoxy) is 2. The molecule has 0 fully saturated rings. The highest BCUT2D eigenvalue weighted by atomic mass is 32.2. The Kier molecular flexibility index (Phi) is 7.32. The molecule has 172 valence electrons. The summed E-state index contributed by atoms with van der Waals surface area (Å²) < 4.78 is 35.9. The number of anilines is 1. The monoisotopic (exact) mass is 478 g/mol. The molecule has 0 saturated carbocycles. The summed E-state index contributed by atoms with van der Waals surface area (Å²) in [6.45, 7) is 4.49. The third kappa shape index (κ3) is 5.34. The number of aryl methyl sites for hydroxylation is 1. The molecule has 11 heteroatoms. The quantitative estimate of drug-likeness (QED) is 0.452. The molecule has 0 aliphatic rings. The number of carbonyl (C=O) groups is 1. The molecule has 1 unspecified atom stereocenters. The Morgan fingerprint density at radius 2 is 1.84 bits per heavy atom. The SMILES string of the molecule is CCCn1c(SC(C)C(=O)Nc2cc(OC)cc(OC)c2)nc2cc(S(N)(=O)=O)ccc21. The smallest absolute Gasteiger partial charge is 0.238 e. The highest BCUT2D eigenvalue weighted by Gasteiger charge is 2.21. The van der Waals surface area contributed by atoms with Crippen molar-refractivity contribution in [1.29, 1.82) is 0 Å². The number of benzene rings is 2. The molecule has 0 aliphatic carbocycles. The number of rotatable bonds is 9. The fourth-order valence-corrected chi connectivity index (χ4v) is 4.61. The first kappa shape index (κ1) is 23.9. The summed E-state index contributed by atoms with van der Waals surface area (Å²) >= 11 is 1.29. The molecule has 3 N–H and O–H groups in total.